The van der Waals surface area contributed by atoms with E-state index in [0.29, 0.717) is 11.3 Å². The zero-order valence-corrected chi connectivity index (χ0v) is 19.1. The van der Waals surface area contributed by atoms with Crippen LogP contribution in [-0.4, -0.2) is 70.7 Å². The van der Waals surface area contributed by atoms with Crippen LogP contribution < -0.4 is 14.8 Å². The van der Waals surface area contributed by atoms with Crippen molar-refractivity contribution < 1.29 is 31.1 Å². The number of hydrogen-bond donors (Lipinski definition) is 2. The summed E-state index contributed by atoms with van der Waals surface area (Å²) >= 11 is 0.673. The van der Waals surface area contributed by atoms with Crippen LogP contribution in [-0.2, 0) is 29.6 Å². The zero-order chi connectivity index (χ0) is 22.6. The molecule has 2 heterocycles. The molecule has 0 unspecified atom stereocenters. The first kappa shape index (κ1) is 23.3. The van der Waals surface area contributed by atoms with Gasteiger partial charge in [-0.1, -0.05) is 18.3 Å². The first-order chi connectivity index (χ1) is 14.7. The maximum Gasteiger partial charge on any atom is 0.291 e. The fraction of sp³-hybridized carbons (Fsp3) is 0.438. The highest BCUT2D eigenvalue weighted by atomic mass is 32.2. The molecule has 1 amide bonds. The van der Waals surface area contributed by atoms with Gasteiger partial charge < -0.3 is 14.8 Å². The largest absolute Gasteiger partial charge is 0.495 e. The minimum atomic E-state index is -4.17. The summed E-state index contributed by atoms with van der Waals surface area (Å²) in [6, 6.07) is 3.91. The second-order valence-corrected chi connectivity index (χ2v) is 11.0. The summed E-state index contributed by atoms with van der Waals surface area (Å²) < 4.78 is 64.9. The van der Waals surface area contributed by atoms with Crippen molar-refractivity contribution in [3.8, 4) is 5.75 Å². The maximum atomic E-state index is 13.0. The number of anilines is 2. The predicted octanol–water partition coefficient (Wildman–Crippen LogP) is 0.717. The molecule has 15 heteroatoms. The lowest BCUT2D eigenvalue weighted by molar-refractivity contribution is -0.115. The van der Waals surface area contributed by atoms with Crippen molar-refractivity contribution in [2.24, 2.45) is 0 Å². The third-order valence-corrected chi connectivity index (χ3v) is 8.71. The number of hydrogen-bond acceptors (Lipinski definition) is 10. The van der Waals surface area contributed by atoms with Crippen molar-refractivity contribution in [3.05, 3.63) is 18.2 Å². The number of methoxy groups -OCH3 is 1. The molecule has 31 heavy (non-hydrogen) atoms. The lowest BCUT2D eigenvalue weighted by Gasteiger charge is -2.26. The number of sulfonamides is 2. The minimum absolute atomic E-state index is 0.00183. The van der Waals surface area contributed by atoms with Gasteiger partial charge >= 0.3 is 0 Å². The maximum absolute atomic E-state index is 13.0. The van der Waals surface area contributed by atoms with E-state index < -0.39 is 20.0 Å². The molecule has 2 aromatic rings. The Hall–Kier alpha value is -2.33. The normalized spacial score (nSPS) is 15.4. The Kier molecular flexibility index (Phi) is 7.10. The fourth-order valence-corrected chi connectivity index (χ4v) is 6.20. The van der Waals surface area contributed by atoms with Crippen molar-refractivity contribution in [1.29, 1.82) is 0 Å². The number of nitrogens with one attached hydrogen (secondary N) is 2. The number of rotatable bonds is 8. The Labute approximate surface area is 183 Å². The van der Waals surface area contributed by atoms with E-state index in [0.717, 1.165) is 0 Å². The summed E-state index contributed by atoms with van der Waals surface area (Å²) in [6.07, 6.45) is 0.201. The second-order valence-electron chi connectivity index (χ2n) is 6.26. The molecule has 0 saturated carbocycles. The van der Waals surface area contributed by atoms with Crippen molar-refractivity contribution in [3.63, 3.8) is 0 Å². The molecular formula is C16H21N5O7S3. The standard InChI is InChI=1S/C16H21N5O7S3/c1-3-14(22)17-15-18-19-16(29-15)30(23,24)20-11-4-5-12(27-2)13(10-11)31(25,26)21-6-8-28-9-7-21/h4-5,10,20H,3,6-9H2,1-2H3,(H,17,18,22). The van der Waals surface area contributed by atoms with Crippen LogP contribution in [0.4, 0.5) is 10.8 Å². The fourth-order valence-electron chi connectivity index (χ4n) is 2.64. The van der Waals surface area contributed by atoms with E-state index in [1.54, 1.807) is 6.92 Å². The molecule has 0 atom stereocenters. The highest BCUT2D eigenvalue weighted by Gasteiger charge is 2.30. The Balaban J connectivity index is 1.88. The number of carbonyl (C=O) groups excluding carboxylic acids is 1. The molecule has 2 N–H and O–H groups in total. The van der Waals surface area contributed by atoms with Crippen LogP contribution in [0.5, 0.6) is 5.75 Å². The molecule has 0 radical (unpaired) electrons. The number of carbonyl (C=O) groups is 1. The lowest BCUT2D eigenvalue weighted by Crippen LogP contribution is -2.40. The Morgan fingerprint density at radius 1 is 1.23 bits per heavy atom. The molecule has 1 aliphatic rings. The molecular weight excluding hydrogens is 470 g/mol. The van der Waals surface area contributed by atoms with Gasteiger partial charge in [-0.3, -0.25) is 9.52 Å². The average molecular weight is 492 g/mol. The molecule has 0 bridgehead atoms. The minimum Gasteiger partial charge on any atom is -0.495 e. The first-order valence-corrected chi connectivity index (χ1v) is 12.8. The van der Waals surface area contributed by atoms with E-state index in [2.05, 4.69) is 20.2 Å². The highest BCUT2D eigenvalue weighted by molar-refractivity contribution is 7.94. The highest BCUT2D eigenvalue weighted by Crippen LogP contribution is 2.31. The average Bonchev–Trinajstić information content (AvgIpc) is 3.23. The van der Waals surface area contributed by atoms with E-state index >= 15 is 0 Å². The van der Waals surface area contributed by atoms with Crippen molar-refractivity contribution in [2.75, 3.05) is 43.5 Å². The molecule has 0 spiro atoms. The molecule has 0 aliphatic carbocycles. The van der Waals surface area contributed by atoms with Crippen LogP contribution in [0, 0.1) is 0 Å². The number of nitrogens with zero attached hydrogens (tertiary/aromatic N) is 3. The van der Waals surface area contributed by atoms with Crippen LogP contribution in [0.25, 0.3) is 0 Å². The summed E-state index contributed by atoms with van der Waals surface area (Å²) in [5, 5.41) is 9.70. The summed E-state index contributed by atoms with van der Waals surface area (Å²) in [5.41, 5.74) is 0.00183. The van der Waals surface area contributed by atoms with Gasteiger partial charge in [-0.15, -0.1) is 10.2 Å². The third-order valence-electron chi connectivity index (χ3n) is 4.21. The Morgan fingerprint density at radius 2 is 1.94 bits per heavy atom. The van der Waals surface area contributed by atoms with E-state index in [9.17, 15) is 21.6 Å². The molecule has 1 aromatic heterocycles. The molecule has 3 rings (SSSR count). The number of morpholine rings is 1. The lowest BCUT2D eigenvalue weighted by atomic mass is 10.3. The summed E-state index contributed by atoms with van der Waals surface area (Å²) in [4.78, 5) is 11.3. The van der Waals surface area contributed by atoms with Crippen molar-refractivity contribution >= 4 is 48.1 Å². The van der Waals surface area contributed by atoms with Gasteiger partial charge in [0.25, 0.3) is 14.4 Å². The second kappa shape index (κ2) is 9.44. The Morgan fingerprint density at radius 3 is 2.58 bits per heavy atom. The molecule has 1 saturated heterocycles. The van der Waals surface area contributed by atoms with Crippen LogP contribution in [0.1, 0.15) is 13.3 Å². The van der Waals surface area contributed by atoms with E-state index in [1.165, 1.54) is 29.6 Å². The van der Waals surface area contributed by atoms with E-state index in [4.69, 9.17) is 9.47 Å². The van der Waals surface area contributed by atoms with Crippen LogP contribution in [0.2, 0.25) is 0 Å². The van der Waals surface area contributed by atoms with Gasteiger partial charge in [-0.2, -0.15) is 12.7 Å². The molecule has 1 aliphatic heterocycles. The van der Waals surface area contributed by atoms with Crippen LogP contribution in [0.15, 0.2) is 27.4 Å². The van der Waals surface area contributed by atoms with Gasteiger partial charge in [0, 0.05) is 19.5 Å². The third kappa shape index (κ3) is 5.30. The zero-order valence-electron chi connectivity index (χ0n) is 16.7. The summed E-state index contributed by atoms with van der Waals surface area (Å²) in [7, 11) is -6.78. The SMILES string of the molecule is CCC(=O)Nc1nnc(S(=O)(=O)Nc2ccc(OC)c(S(=O)(=O)N3CCOCC3)c2)s1. The van der Waals surface area contributed by atoms with E-state index in [1.807, 2.05) is 0 Å². The van der Waals surface area contributed by atoms with Gasteiger partial charge in [-0.05, 0) is 18.2 Å². The molecule has 1 fully saturated rings. The van der Waals surface area contributed by atoms with Crippen LogP contribution >= 0.6 is 11.3 Å². The number of amides is 1. The molecule has 1 aromatic carbocycles. The van der Waals surface area contributed by atoms with Gasteiger partial charge in [0.1, 0.15) is 10.6 Å². The van der Waals surface area contributed by atoms with Crippen molar-refractivity contribution in [2.45, 2.75) is 22.6 Å². The van der Waals surface area contributed by atoms with Gasteiger partial charge in [0.15, 0.2) is 0 Å². The smallest absolute Gasteiger partial charge is 0.291 e. The summed E-state index contributed by atoms with van der Waals surface area (Å²) in [5.74, 6) is -0.254. The molecule has 170 valence electrons. The van der Waals surface area contributed by atoms with Crippen molar-refractivity contribution in [1.82, 2.24) is 14.5 Å². The topological polar surface area (TPSA) is 157 Å². The summed E-state index contributed by atoms with van der Waals surface area (Å²) in [6.45, 7) is 2.53. The van der Waals surface area contributed by atoms with Gasteiger partial charge in [0.05, 0.1) is 26.0 Å². The quantitative estimate of drug-likeness (QED) is 0.508. The van der Waals surface area contributed by atoms with Gasteiger partial charge in [-0.25, -0.2) is 8.42 Å². The van der Waals surface area contributed by atoms with Crippen LogP contribution in [0.3, 0.4) is 0 Å². The van der Waals surface area contributed by atoms with E-state index in [-0.39, 0.29) is 64.4 Å². The van der Waals surface area contributed by atoms with Gasteiger partial charge in [0.2, 0.25) is 21.1 Å². The Bertz CT molecular complexity index is 1160. The molecule has 12 nitrogen and oxygen atoms in total. The monoisotopic (exact) mass is 491 g/mol. The number of ether oxygens (including phenoxy) is 2. The predicted molar refractivity (Wildman–Crippen MR) is 112 cm³/mol. The first-order valence-electron chi connectivity index (χ1n) is 9.09. The number of aromatic nitrogens is 2. The number of benzene rings is 1.